The van der Waals surface area contributed by atoms with Crippen molar-refractivity contribution in [1.82, 2.24) is 15.0 Å². The molecule has 0 aliphatic carbocycles. The lowest BCUT2D eigenvalue weighted by atomic mass is 10.1. The number of amides is 2. The van der Waals surface area contributed by atoms with Gasteiger partial charge in [0.05, 0.1) is 10.2 Å². The van der Waals surface area contributed by atoms with Gasteiger partial charge in [-0.3, -0.25) is 4.79 Å². The minimum Gasteiger partial charge on any atom is -0.465 e. The molecule has 0 spiro atoms. The van der Waals surface area contributed by atoms with Crippen LogP contribution in [0.3, 0.4) is 0 Å². The number of aromatic nitrogens is 1. The van der Waals surface area contributed by atoms with E-state index in [4.69, 9.17) is 10.2 Å². The molecule has 12 heteroatoms. The fraction of sp³-hybridized carbons (Fsp3) is 0.357. The number of rotatable bonds is 9. The summed E-state index contributed by atoms with van der Waals surface area (Å²) in [5.74, 6) is -0.522. The van der Waals surface area contributed by atoms with Crippen molar-refractivity contribution in [2.45, 2.75) is 25.3 Å². The molecule has 1 unspecified atom stereocenters. The summed E-state index contributed by atoms with van der Waals surface area (Å²) in [5, 5.41) is 18.9. The Bertz CT molecular complexity index is 850. The first kappa shape index (κ1) is 20.0. The number of unbranched alkanes of at least 4 members (excludes halogenated alkanes) is 1. The van der Waals surface area contributed by atoms with Crippen molar-refractivity contribution in [2.24, 2.45) is 5.14 Å². The summed E-state index contributed by atoms with van der Waals surface area (Å²) in [6.45, 7) is 0.109. The summed E-state index contributed by atoms with van der Waals surface area (Å²) in [7, 11) is -3.76. The molecular weight excluding hydrogens is 382 g/mol. The van der Waals surface area contributed by atoms with E-state index in [1.807, 2.05) is 24.3 Å². The Morgan fingerprint density at radius 3 is 2.65 bits per heavy atom. The lowest BCUT2D eigenvalue weighted by molar-refractivity contribution is -0.118. The van der Waals surface area contributed by atoms with Crippen LogP contribution in [0, 0.1) is 0 Å². The van der Waals surface area contributed by atoms with E-state index in [-0.39, 0.29) is 13.0 Å². The number of carboxylic acid groups (broad SMARTS) is 1. The van der Waals surface area contributed by atoms with E-state index < -0.39 is 28.3 Å². The second-order valence-corrected chi connectivity index (χ2v) is 7.82. The van der Waals surface area contributed by atoms with Crippen molar-refractivity contribution < 1.29 is 23.1 Å². The number of para-hydroxylation sites is 1. The van der Waals surface area contributed by atoms with E-state index in [0.717, 1.165) is 10.2 Å². The van der Waals surface area contributed by atoms with Crippen LogP contribution < -0.4 is 20.5 Å². The third kappa shape index (κ3) is 6.55. The molecule has 1 atom stereocenters. The molecule has 2 amide bonds. The molecule has 0 bridgehead atoms. The Morgan fingerprint density at radius 2 is 2.00 bits per heavy atom. The Balaban J connectivity index is 1.92. The van der Waals surface area contributed by atoms with E-state index in [1.54, 1.807) is 0 Å². The van der Waals surface area contributed by atoms with Gasteiger partial charge in [-0.1, -0.05) is 23.5 Å². The molecule has 0 aliphatic rings. The molecule has 0 saturated heterocycles. The average Bonchev–Trinajstić information content (AvgIpc) is 2.94. The maximum Gasteiger partial charge on any atom is 0.405 e. The molecule has 10 nitrogen and oxygen atoms in total. The van der Waals surface area contributed by atoms with E-state index in [9.17, 15) is 18.0 Å². The number of hydrogen-bond acceptors (Lipinski definition) is 6. The fourth-order valence-corrected chi connectivity index (χ4v) is 3.52. The van der Waals surface area contributed by atoms with Crippen molar-refractivity contribution in [2.75, 3.05) is 11.9 Å². The van der Waals surface area contributed by atoms with E-state index >= 15 is 0 Å². The van der Waals surface area contributed by atoms with Crippen molar-refractivity contribution in [3.63, 3.8) is 0 Å². The molecule has 6 N–H and O–H groups in total. The van der Waals surface area contributed by atoms with Crippen LogP contribution >= 0.6 is 11.3 Å². The molecule has 0 fully saturated rings. The largest absolute Gasteiger partial charge is 0.465 e. The van der Waals surface area contributed by atoms with Crippen molar-refractivity contribution >= 4 is 48.9 Å². The molecule has 2 rings (SSSR count). The molecule has 2 aromatic rings. The fourth-order valence-electron chi connectivity index (χ4n) is 2.22. The zero-order valence-electron chi connectivity index (χ0n) is 13.6. The Morgan fingerprint density at radius 1 is 1.27 bits per heavy atom. The highest BCUT2D eigenvalue weighted by Gasteiger charge is 2.21. The summed E-state index contributed by atoms with van der Waals surface area (Å²) < 4.78 is 24.6. The number of carbonyl (C=O) groups is 2. The summed E-state index contributed by atoms with van der Waals surface area (Å²) in [6, 6.07) is 6.39. The van der Waals surface area contributed by atoms with Crippen LogP contribution in [0.25, 0.3) is 10.2 Å². The first-order chi connectivity index (χ1) is 12.2. The number of anilines is 1. The highest BCUT2D eigenvalue weighted by molar-refractivity contribution is 7.87. The minimum atomic E-state index is -3.76. The molecule has 0 saturated carbocycles. The molecule has 1 heterocycles. The summed E-state index contributed by atoms with van der Waals surface area (Å²) in [6.07, 6.45) is -0.296. The van der Waals surface area contributed by atoms with Crippen molar-refractivity contribution in [1.29, 1.82) is 0 Å². The predicted octanol–water partition coefficient (Wildman–Crippen LogP) is 0.834. The summed E-state index contributed by atoms with van der Waals surface area (Å²) >= 11 is 1.29. The standard InChI is InChI=1S/C14H19N5O5S2/c15-26(23,24)16-8-4-3-6-10(18-14(21)22)12(20)19-13-17-9-5-1-2-7-11(9)25-13/h1-2,5,7,10,16,18H,3-4,6,8H2,(H,21,22)(H2,15,23,24)(H,17,19,20). The van der Waals surface area contributed by atoms with Gasteiger partial charge in [-0.25, -0.2) is 19.6 Å². The van der Waals surface area contributed by atoms with Gasteiger partial charge in [0.15, 0.2) is 5.13 Å². The van der Waals surface area contributed by atoms with Crippen LogP contribution in [-0.4, -0.2) is 43.1 Å². The summed E-state index contributed by atoms with van der Waals surface area (Å²) in [4.78, 5) is 27.5. The normalized spacial score (nSPS) is 12.7. The van der Waals surface area contributed by atoms with Gasteiger partial charge in [-0.2, -0.15) is 8.42 Å². The molecule has 0 radical (unpaired) electrons. The monoisotopic (exact) mass is 401 g/mol. The van der Waals surface area contributed by atoms with E-state index in [0.29, 0.717) is 18.0 Å². The maximum atomic E-state index is 12.3. The van der Waals surface area contributed by atoms with Gasteiger partial charge in [0.25, 0.3) is 10.2 Å². The Hall–Kier alpha value is -2.28. The van der Waals surface area contributed by atoms with Gasteiger partial charge < -0.3 is 15.7 Å². The Kier molecular flexibility index (Phi) is 6.85. The van der Waals surface area contributed by atoms with Crippen LogP contribution in [0.2, 0.25) is 0 Å². The first-order valence-electron chi connectivity index (χ1n) is 7.68. The van der Waals surface area contributed by atoms with Crippen LogP contribution in [0.1, 0.15) is 19.3 Å². The molecule has 142 valence electrons. The average molecular weight is 401 g/mol. The highest BCUT2D eigenvalue weighted by Crippen LogP contribution is 2.25. The summed E-state index contributed by atoms with van der Waals surface area (Å²) in [5.41, 5.74) is 0.740. The topological polar surface area (TPSA) is 164 Å². The molecule has 26 heavy (non-hydrogen) atoms. The second kappa shape index (κ2) is 8.89. The number of fused-ring (bicyclic) bond motifs is 1. The quantitative estimate of drug-likeness (QED) is 0.391. The predicted molar refractivity (Wildman–Crippen MR) is 98.2 cm³/mol. The smallest absolute Gasteiger partial charge is 0.405 e. The van der Waals surface area contributed by atoms with Gasteiger partial charge in [0.2, 0.25) is 5.91 Å². The molecule has 1 aromatic carbocycles. The number of nitrogens with zero attached hydrogens (tertiary/aromatic N) is 1. The SMILES string of the molecule is NS(=O)(=O)NCCCCC(NC(=O)O)C(=O)Nc1nc2ccccc2s1. The zero-order valence-corrected chi connectivity index (χ0v) is 15.3. The number of nitrogens with two attached hydrogens (primary N) is 1. The van der Waals surface area contributed by atoms with Gasteiger partial charge in [-0.15, -0.1) is 0 Å². The third-order valence-electron chi connectivity index (χ3n) is 3.36. The number of carbonyl (C=O) groups excluding carboxylic acids is 1. The lowest BCUT2D eigenvalue weighted by Crippen LogP contribution is -2.43. The number of nitrogens with one attached hydrogen (secondary N) is 3. The van der Waals surface area contributed by atoms with Gasteiger partial charge >= 0.3 is 6.09 Å². The lowest BCUT2D eigenvalue weighted by Gasteiger charge is -2.15. The number of benzene rings is 1. The zero-order chi connectivity index (χ0) is 19.2. The van der Waals surface area contributed by atoms with Crippen molar-refractivity contribution in [3.8, 4) is 0 Å². The van der Waals surface area contributed by atoms with Crippen molar-refractivity contribution in [3.05, 3.63) is 24.3 Å². The van der Waals surface area contributed by atoms with Crippen LogP contribution in [0.4, 0.5) is 9.93 Å². The second-order valence-electron chi connectivity index (χ2n) is 5.41. The van der Waals surface area contributed by atoms with Gasteiger partial charge in [0.1, 0.15) is 6.04 Å². The van der Waals surface area contributed by atoms with Crippen LogP contribution in [0.15, 0.2) is 24.3 Å². The number of thiazole rings is 1. The first-order valence-corrected chi connectivity index (χ1v) is 10.0. The van der Waals surface area contributed by atoms with Crippen LogP contribution in [0.5, 0.6) is 0 Å². The van der Waals surface area contributed by atoms with Gasteiger partial charge in [0, 0.05) is 6.54 Å². The van der Waals surface area contributed by atoms with Crippen LogP contribution in [-0.2, 0) is 15.0 Å². The molecule has 1 aromatic heterocycles. The molecule has 0 aliphatic heterocycles. The van der Waals surface area contributed by atoms with E-state index in [2.05, 4.69) is 20.3 Å². The van der Waals surface area contributed by atoms with E-state index in [1.165, 1.54) is 11.3 Å². The van der Waals surface area contributed by atoms with Gasteiger partial charge in [-0.05, 0) is 31.4 Å². The number of hydrogen-bond donors (Lipinski definition) is 5. The third-order valence-corrected chi connectivity index (χ3v) is 4.92. The minimum absolute atomic E-state index is 0.109. The maximum absolute atomic E-state index is 12.3. The highest BCUT2D eigenvalue weighted by atomic mass is 32.2. The molecular formula is C14H19N5O5S2. The Labute approximate surface area is 154 Å².